The third-order valence-corrected chi connectivity index (χ3v) is 2.50. The molecule has 0 amide bonds. The molecule has 0 saturated carbocycles. The maximum absolute atomic E-state index is 9.54. The fourth-order valence-electron chi connectivity index (χ4n) is 1.31. The third-order valence-electron chi connectivity index (χ3n) is 2.50. The molecule has 3 heteroatoms. The summed E-state index contributed by atoms with van der Waals surface area (Å²) < 4.78 is 0. The molecule has 86 valence electrons. The topological polar surface area (TPSA) is 52.5 Å². The summed E-state index contributed by atoms with van der Waals surface area (Å²) in [4.78, 5) is 0. The maximum Gasteiger partial charge on any atom is 0.0575 e. The van der Waals surface area contributed by atoms with Crippen molar-refractivity contribution in [3.63, 3.8) is 0 Å². The molecule has 0 spiro atoms. The average Bonchev–Trinajstić information content (AvgIpc) is 2.14. The zero-order valence-electron chi connectivity index (χ0n) is 9.66. The highest BCUT2D eigenvalue weighted by molar-refractivity contribution is 4.65. The van der Waals surface area contributed by atoms with E-state index in [-0.39, 0.29) is 12.7 Å². The van der Waals surface area contributed by atoms with Crippen molar-refractivity contribution in [1.82, 2.24) is 5.32 Å². The lowest BCUT2D eigenvalue weighted by Crippen LogP contribution is -2.30. The van der Waals surface area contributed by atoms with E-state index in [9.17, 15) is 5.11 Å². The highest BCUT2D eigenvalue weighted by Gasteiger charge is 2.08. The molecule has 3 nitrogen and oxygen atoms in total. The van der Waals surface area contributed by atoms with E-state index >= 15 is 0 Å². The van der Waals surface area contributed by atoms with E-state index in [1.54, 1.807) is 0 Å². The molecule has 0 aliphatic rings. The van der Waals surface area contributed by atoms with Crippen LogP contribution in [0.15, 0.2) is 0 Å². The summed E-state index contributed by atoms with van der Waals surface area (Å²) in [6, 6.07) is 0.432. The molecule has 0 radical (unpaired) electrons. The van der Waals surface area contributed by atoms with Crippen LogP contribution in [0.1, 0.15) is 40.0 Å². The molecule has 0 fully saturated rings. The first-order valence-corrected chi connectivity index (χ1v) is 5.60. The van der Waals surface area contributed by atoms with Gasteiger partial charge >= 0.3 is 0 Å². The Morgan fingerprint density at radius 3 is 2.29 bits per heavy atom. The lowest BCUT2D eigenvalue weighted by molar-refractivity contribution is 0.115. The van der Waals surface area contributed by atoms with Crippen LogP contribution in [0.4, 0.5) is 0 Å². The second-order valence-corrected chi connectivity index (χ2v) is 4.32. The van der Waals surface area contributed by atoms with E-state index in [2.05, 4.69) is 12.2 Å². The zero-order chi connectivity index (χ0) is 11.0. The predicted molar refractivity (Wildman–Crippen MR) is 59.2 cm³/mol. The number of aliphatic hydroxyl groups excluding tert-OH is 2. The molecular weight excluding hydrogens is 178 g/mol. The van der Waals surface area contributed by atoms with Gasteiger partial charge in [-0.25, -0.2) is 0 Å². The Morgan fingerprint density at radius 2 is 1.79 bits per heavy atom. The van der Waals surface area contributed by atoms with Crippen LogP contribution in [0.3, 0.4) is 0 Å². The van der Waals surface area contributed by atoms with E-state index < -0.39 is 0 Å². The number of aliphatic hydroxyl groups is 2. The van der Waals surface area contributed by atoms with Crippen LogP contribution in [0.5, 0.6) is 0 Å². The minimum absolute atomic E-state index is 0.201. The smallest absolute Gasteiger partial charge is 0.0575 e. The van der Waals surface area contributed by atoms with Crippen LogP contribution in [0.2, 0.25) is 0 Å². The van der Waals surface area contributed by atoms with Gasteiger partial charge in [-0.05, 0) is 38.6 Å². The summed E-state index contributed by atoms with van der Waals surface area (Å²) >= 11 is 0. The summed E-state index contributed by atoms with van der Waals surface area (Å²) in [6.45, 7) is 7.28. The molecule has 0 aliphatic heterocycles. The van der Waals surface area contributed by atoms with Gasteiger partial charge in [0, 0.05) is 12.6 Å². The van der Waals surface area contributed by atoms with Crippen molar-refractivity contribution in [1.29, 1.82) is 0 Å². The van der Waals surface area contributed by atoms with Gasteiger partial charge in [0.25, 0.3) is 0 Å². The van der Waals surface area contributed by atoms with Gasteiger partial charge in [0.2, 0.25) is 0 Å². The number of hydrogen-bond acceptors (Lipinski definition) is 3. The molecule has 0 saturated heterocycles. The van der Waals surface area contributed by atoms with Gasteiger partial charge in [-0.1, -0.05) is 13.8 Å². The minimum Gasteiger partial charge on any atom is -0.396 e. The van der Waals surface area contributed by atoms with Crippen molar-refractivity contribution in [2.45, 2.75) is 52.2 Å². The van der Waals surface area contributed by atoms with E-state index in [4.69, 9.17) is 5.11 Å². The molecule has 2 atom stereocenters. The summed E-state index contributed by atoms with van der Waals surface area (Å²) in [6.07, 6.45) is 2.45. The van der Waals surface area contributed by atoms with Crippen molar-refractivity contribution in [3.05, 3.63) is 0 Å². The summed E-state index contributed by atoms with van der Waals surface area (Å²) in [7, 11) is 0. The molecule has 0 aromatic heterocycles. The third kappa shape index (κ3) is 7.30. The summed E-state index contributed by atoms with van der Waals surface area (Å²) in [5.41, 5.74) is 0. The van der Waals surface area contributed by atoms with Gasteiger partial charge in [-0.3, -0.25) is 0 Å². The lowest BCUT2D eigenvalue weighted by atomic mass is 10.0. The first-order chi connectivity index (χ1) is 6.57. The average molecular weight is 203 g/mol. The van der Waals surface area contributed by atoms with Gasteiger partial charge in [0.15, 0.2) is 0 Å². The Balaban J connectivity index is 3.34. The molecule has 0 aromatic carbocycles. The van der Waals surface area contributed by atoms with Gasteiger partial charge in [-0.2, -0.15) is 0 Å². The van der Waals surface area contributed by atoms with Gasteiger partial charge in [-0.15, -0.1) is 0 Å². The highest BCUT2D eigenvalue weighted by atomic mass is 16.3. The van der Waals surface area contributed by atoms with Gasteiger partial charge < -0.3 is 15.5 Å². The van der Waals surface area contributed by atoms with Crippen LogP contribution in [-0.2, 0) is 0 Å². The Labute approximate surface area is 87.5 Å². The minimum atomic E-state index is -0.201. The van der Waals surface area contributed by atoms with Gasteiger partial charge in [0.05, 0.1) is 6.10 Å². The Hall–Kier alpha value is -0.120. The van der Waals surface area contributed by atoms with Crippen LogP contribution < -0.4 is 5.32 Å². The van der Waals surface area contributed by atoms with Crippen LogP contribution in [0, 0.1) is 5.92 Å². The monoisotopic (exact) mass is 203 g/mol. The van der Waals surface area contributed by atoms with E-state index in [0.717, 1.165) is 25.8 Å². The molecule has 3 N–H and O–H groups in total. The second kappa shape index (κ2) is 8.21. The lowest BCUT2D eigenvalue weighted by Gasteiger charge is -2.17. The molecule has 0 aromatic rings. The molecule has 0 rings (SSSR count). The highest BCUT2D eigenvalue weighted by Crippen LogP contribution is 2.04. The molecular formula is C11H25NO2. The van der Waals surface area contributed by atoms with E-state index in [0.29, 0.717) is 12.0 Å². The largest absolute Gasteiger partial charge is 0.396 e. The van der Waals surface area contributed by atoms with Crippen molar-refractivity contribution in [3.8, 4) is 0 Å². The van der Waals surface area contributed by atoms with Crippen LogP contribution in [-0.4, -0.2) is 35.5 Å². The van der Waals surface area contributed by atoms with E-state index in [1.807, 2.05) is 13.8 Å². The predicted octanol–water partition coefficient (Wildman–Crippen LogP) is 1.14. The molecule has 14 heavy (non-hydrogen) atoms. The first kappa shape index (κ1) is 13.9. The molecule has 0 bridgehead atoms. The second-order valence-electron chi connectivity index (χ2n) is 4.32. The quantitative estimate of drug-likeness (QED) is 0.554. The summed E-state index contributed by atoms with van der Waals surface area (Å²) in [5.74, 6) is 0.338. The van der Waals surface area contributed by atoms with E-state index in [1.165, 1.54) is 0 Å². The standard InChI is InChI=1S/C11H25NO2/c1-9(2)11(14)6-7-12-10(3)5-4-8-13/h9-14H,4-8H2,1-3H3. The molecule has 2 unspecified atom stereocenters. The fourth-order valence-corrected chi connectivity index (χ4v) is 1.31. The van der Waals surface area contributed by atoms with Crippen LogP contribution >= 0.6 is 0 Å². The number of rotatable bonds is 8. The Kier molecular flexibility index (Phi) is 8.14. The van der Waals surface area contributed by atoms with Gasteiger partial charge in [0.1, 0.15) is 0 Å². The molecule has 0 aliphatic carbocycles. The SMILES string of the molecule is CC(CCCO)NCCC(O)C(C)C. The normalized spacial score (nSPS) is 15.9. The number of hydrogen-bond donors (Lipinski definition) is 3. The first-order valence-electron chi connectivity index (χ1n) is 5.60. The van der Waals surface area contributed by atoms with Crippen molar-refractivity contribution >= 4 is 0 Å². The van der Waals surface area contributed by atoms with Crippen molar-refractivity contribution < 1.29 is 10.2 Å². The van der Waals surface area contributed by atoms with Crippen molar-refractivity contribution in [2.75, 3.05) is 13.2 Å². The maximum atomic E-state index is 9.54. The van der Waals surface area contributed by atoms with Crippen molar-refractivity contribution in [2.24, 2.45) is 5.92 Å². The zero-order valence-corrected chi connectivity index (χ0v) is 9.66. The molecule has 0 heterocycles. The fraction of sp³-hybridized carbons (Fsp3) is 1.00. The number of nitrogens with one attached hydrogen (secondary N) is 1. The Morgan fingerprint density at radius 1 is 1.14 bits per heavy atom. The summed E-state index contributed by atoms with van der Waals surface area (Å²) in [5, 5.41) is 21.5. The Bertz CT molecular complexity index is 128. The van der Waals surface area contributed by atoms with Crippen LogP contribution in [0.25, 0.3) is 0 Å².